The van der Waals surface area contributed by atoms with E-state index in [2.05, 4.69) is 49.0 Å². The van der Waals surface area contributed by atoms with Crippen molar-refractivity contribution in [2.24, 2.45) is 0 Å². The normalized spacial score (nSPS) is 10.9. The number of fused-ring (bicyclic) bond motifs is 1. The fourth-order valence-corrected chi connectivity index (χ4v) is 3.81. The first-order chi connectivity index (χ1) is 14.2. The van der Waals surface area contributed by atoms with Crippen LogP contribution < -0.4 is 5.32 Å². The second kappa shape index (κ2) is 9.01. The quantitative estimate of drug-likeness (QED) is 0.420. The highest BCUT2D eigenvalue weighted by atomic mass is 79.9. The molecule has 4 rings (SSSR count). The molecule has 0 bridgehead atoms. The highest BCUT2D eigenvalue weighted by molar-refractivity contribution is 9.10. The van der Waals surface area contributed by atoms with Crippen molar-refractivity contribution in [2.45, 2.75) is 19.4 Å². The summed E-state index contributed by atoms with van der Waals surface area (Å²) in [6, 6.07) is 20.0. The lowest BCUT2D eigenvalue weighted by Crippen LogP contribution is -2.25. The number of rotatable bonds is 7. The Morgan fingerprint density at radius 3 is 2.69 bits per heavy atom. The first-order valence-corrected chi connectivity index (χ1v) is 10.4. The molecule has 1 N–H and O–H groups in total. The third kappa shape index (κ3) is 4.71. The molecule has 0 saturated carbocycles. The van der Waals surface area contributed by atoms with Gasteiger partial charge in [0.25, 0.3) is 5.91 Å². The van der Waals surface area contributed by atoms with E-state index in [1.54, 1.807) is 24.5 Å². The minimum Gasteiger partial charge on any atom is -0.352 e. The zero-order valence-electron chi connectivity index (χ0n) is 15.9. The van der Waals surface area contributed by atoms with Gasteiger partial charge in [0, 0.05) is 41.9 Å². The van der Waals surface area contributed by atoms with Gasteiger partial charge in [-0.05, 0) is 48.4 Å². The lowest BCUT2D eigenvalue weighted by Gasteiger charge is -2.10. The number of amides is 1. The molecule has 0 aliphatic rings. The summed E-state index contributed by atoms with van der Waals surface area (Å²) in [6.07, 6.45) is 4.86. The van der Waals surface area contributed by atoms with Crippen LogP contribution in [0.15, 0.2) is 77.5 Å². The van der Waals surface area contributed by atoms with Crippen LogP contribution in [0.1, 0.15) is 28.2 Å². The Hall–Kier alpha value is -2.99. The van der Waals surface area contributed by atoms with Crippen LogP contribution in [0.4, 0.5) is 0 Å². The Bertz CT molecular complexity index is 1120. The molecule has 0 atom stereocenters. The van der Waals surface area contributed by atoms with Crippen LogP contribution in [0.5, 0.6) is 0 Å². The molecule has 0 aliphatic heterocycles. The van der Waals surface area contributed by atoms with E-state index in [0.717, 1.165) is 40.7 Å². The molecular formula is C23H21BrN4O. The number of imidazole rings is 1. The standard InChI is InChI=1S/C23H21BrN4O/c24-19-6-3-5-17(15-19)16-28-21-8-2-1-7-20(21)27-22(28)9-4-12-26-23(29)18-10-13-25-14-11-18/h1-3,5-8,10-11,13-15H,4,9,12,16H2,(H,26,29). The maximum Gasteiger partial charge on any atom is 0.251 e. The van der Waals surface area contributed by atoms with Gasteiger partial charge in [0.05, 0.1) is 11.0 Å². The zero-order valence-corrected chi connectivity index (χ0v) is 17.5. The average molecular weight is 449 g/mol. The predicted molar refractivity (Wildman–Crippen MR) is 118 cm³/mol. The van der Waals surface area contributed by atoms with Gasteiger partial charge in [-0.2, -0.15) is 0 Å². The van der Waals surface area contributed by atoms with Crippen molar-refractivity contribution in [3.05, 3.63) is 94.5 Å². The largest absolute Gasteiger partial charge is 0.352 e. The van der Waals surface area contributed by atoms with Gasteiger partial charge in [0.2, 0.25) is 0 Å². The van der Waals surface area contributed by atoms with E-state index < -0.39 is 0 Å². The molecule has 1 amide bonds. The molecule has 0 aliphatic carbocycles. The smallest absolute Gasteiger partial charge is 0.251 e. The van der Waals surface area contributed by atoms with Crippen LogP contribution in [-0.4, -0.2) is 27.0 Å². The molecule has 2 aromatic heterocycles. The third-order valence-electron chi connectivity index (χ3n) is 4.77. The Morgan fingerprint density at radius 1 is 1.03 bits per heavy atom. The van der Waals surface area contributed by atoms with Crippen LogP contribution in [0.25, 0.3) is 11.0 Å². The van der Waals surface area contributed by atoms with Gasteiger partial charge in [-0.3, -0.25) is 9.78 Å². The molecule has 5 nitrogen and oxygen atoms in total. The van der Waals surface area contributed by atoms with Crippen molar-refractivity contribution in [1.82, 2.24) is 19.9 Å². The van der Waals surface area contributed by atoms with Crippen LogP contribution in [0.2, 0.25) is 0 Å². The summed E-state index contributed by atoms with van der Waals surface area (Å²) in [4.78, 5) is 20.9. The van der Waals surface area contributed by atoms with Gasteiger partial charge < -0.3 is 9.88 Å². The molecule has 2 heterocycles. The molecule has 0 fully saturated rings. The number of benzene rings is 2. The van der Waals surface area contributed by atoms with Crippen LogP contribution in [0, 0.1) is 0 Å². The van der Waals surface area contributed by atoms with E-state index in [4.69, 9.17) is 4.98 Å². The number of aryl methyl sites for hydroxylation is 1. The minimum atomic E-state index is -0.0740. The summed E-state index contributed by atoms with van der Waals surface area (Å²) in [6.45, 7) is 1.36. The van der Waals surface area contributed by atoms with Gasteiger partial charge in [-0.15, -0.1) is 0 Å². The number of hydrogen-bond acceptors (Lipinski definition) is 3. The van der Waals surface area contributed by atoms with Gasteiger partial charge in [-0.1, -0.05) is 40.2 Å². The number of nitrogens with zero attached hydrogens (tertiary/aromatic N) is 3. The maximum atomic E-state index is 12.2. The molecular weight excluding hydrogens is 428 g/mol. The van der Waals surface area contributed by atoms with Gasteiger partial charge in [0.1, 0.15) is 5.82 Å². The van der Waals surface area contributed by atoms with Crippen LogP contribution in [-0.2, 0) is 13.0 Å². The third-order valence-corrected chi connectivity index (χ3v) is 5.26. The minimum absolute atomic E-state index is 0.0740. The van der Waals surface area contributed by atoms with Gasteiger partial charge >= 0.3 is 0 Å². The summed E-state index contributed by atoms with van der Waals surface area (Å²) >= 11 is 3.55. The lowest BCUT2D eigenvalue weighted by atomic mass is 10.2. The molecule has 0 radical (unpaired) electrons. The molecule has 4 aromatic rings. The van der Waals surface area contributed by atoms with Crippen LogP contribution in [0.3, 0.4) is 0 Å². The second-order valence-corrected chi connectivity index (χ2v) is 7.74. The number of aromatic nitrogens is 3. The number of hydrogen-bond donors (Lipinski definition) is 1. The van der Waals surface area contributed by atoms with E-state index in [1.807, 2.05) is 30.3 Å². The number of para-hydroxylation sites is 2. The van der Waals surface area contributed by atoms with Crippen molar-refractivity contribution in [1.29, 1.82) is 0 Å². The SMILES string of the molecule is O=C(NCCCc1nc2ccccc2n1Cc1cccc(Br)c1)c1ccncc1. The van der Waals surface area contributed by atoms with E-state index in [0.29, 0.717) is 12.1 Å². The molecule has 2 aromatic carbocycles. The molecule has 29 heavy (non-hydrogen) atoms. The fraction of sp³-hybridized carbons (Fsp3) is 0.174. The molecule has 0 unspecified atom stereocenters. The summed E-state index contributed by atoms with van der Waals surface area (Å²) < 4.78 is 3.33. The molecule has 6 heteroatoms. The lowest BCUT2D eigenvalue weighted by molar-refractivity contribution is 0.0953. The molecule has 0 spiro atoms. The van der Waals surface area contributed by atoms with Crippen molar-refractivity contribution in [2.75, 3.05) is 6.54 Å². The Labute approximate surface area is 177 Å². The summed E-state index contributed by atoms with van der Waals surface area (Å²) in [5.74, 6) is 0.958. The van der Waals surface area contributed by atoms with Crippen molar-refractivity contribution in [3.8, 4) is 0 Å². The second-order valence-electron chi connectivity index (χ2n) is 6.83. The van der Waals surface area contributed by atoms with Gasteiger partial charge in [-0.25, -0.2) is 4.98 Å². The van der Waals surface area contributed by atoms with E-state index in [9.17, 15) is 4.79 Å². The predicted octanol–water partition coefficient (Wildman–Crippen LogP) is 4.60. The first kappa shape index (κ1) is 19.3. The molecule has 0 saturated heterocycles. The summed E-state index contributed by atoms with van der Waals surface area (Å²) in [5, 5.41) is 2.97. The Balaban J connectivity index is 1.46. The highest BCUT2D eigenvalue weighted by Crippen LogP contribution is 2.20. The van der Waals surface area contributed by atoms with Crippen molar-refractivity contribution < 1.29 is 4.79 Å². The summed E-state index contributed by atoms with van der Waals surface area (Å²) in [7, 11) is 0. The maximum absolute atomic E-state index is 12.2. The zero-order chi connectivity index (χ0) is 20.1. The topological polar surface area (TPSA) is 59.8 Å². The first-order valence-electron chi connectivity index (χ1n) is 9.57. The van der Waals surface area contributed by atoms with Crippen molar-refractivity contribution in [3.63, 3.8) is 0 Å². The van der Waals surface area contributed by atoms with E-state index in [1.165, 1.54) is 5.56 Å². The number of nitrogens with one attached hydrogen (secondary N) is 1. The highest BCUT2D eigenvalue weighted by Gasteiger charge is 2.11. The number of pyridine rings is 1. The number of halogens is 1. The fourth-order valence-electron chi connectivity index (χ4n) is 3.36. The molecule has 146 valence electrons. The number of carbonyl (C=O) groups excluding carboxylic acids is 1. The number of carbonyl (C=O) groups is 1. The average Bonchev–Trinajstić information content (AvgIpc) is 3.09. The van der Waals surface area contributed by atoms with Crippen LogP contribution >= 0.6 is 15.9 Å². The van der Waals surface area contributed by atoms with Crippen molar-refractivity contribution >= 4 is 32.9 Å². The summed E-state index contributed by atoms with van der Waals surface area (Å²) in [5.41, 5.74) is 3.97. The Morgan fingerprint density at radius 2 is 1.86 bits per heavy atom. The Kier molecular flexibility index (Phi) is 6.00. The van der Waals surface area contributed by atoms with E-state index >= 15 is 0 Å². The van der Waals surface area contributed by atoms with Gasteiger partial charge in [0.15, 0.2) is 0 Å². The van der Waals surface area contributed by atoms with E-state index in [-0.39, 0.29) is 5.91 Å². The monoisotopic (exact) mass is 448 g/mol.